The number of carbonyl (C=O) groups is 1. The molecule has 4 heteroatoms. The second-order valence-electron chi connectivity index (χ2n) is 5.58. The lowest BCUT2D eigenvalue weighted by Crippen LogP contribution is -2.41. The number of fused-ring (bicyclic) bond motifs is 1. The van der Waals surface area contributed by atoms with Gasteiger partial charge in [0.05, 0.1) is 4.70 Å². The molecule has 3 rings (SSSR count). The molecule has 1 fully saturated rings. The zero-order chi connectivity index (χ0) is 14.1. The number of nitrogens with one attached hydrogen (secondary N) is 1. The van der Waals surface area contributed by atoms with Crippen molar-refractivity contribution in [1.29, 1.82) is 0 Å². The summed E-state index contributed by atoms with van der Waals surface area (Å²) >= 11 is 1.38. The summed E-state index contributed by atoms with van der Waals surface area (Å²) in [6.07, 6.45) is 2.99. The van der Waals surface area contributed by atoms with Crippen LogP contribution in [0.3, 0.4) is 0 Å². The highest BCUT2D eigenvalue weighted by atomic mass is 32.1. The summed E-state index contributed by atoms with van der Waals surface area (Å²) in [5.74, 6) is 0.400. The quantitative estimate of drug-likeness (QED) is 0.854. The third-order valence-electron chi connectivity index (χ3n) is 4.02. The Kier molecular flexibility index (Phi) is 3.57. The number of allylic oxidation sites excluding steroid dienone is 1. The monoisotopic (exact) mass is 286 g/mol. The molecule has 0 aliphatic heterocycles. The molecule has 3 nitrogen and oxygen atoms in total. The van der Waals surface area contributed by atoms with Crippen LogP contribution in [-0.2, 0) is 0 Å². The van der Waals surface area contributed by atoms with Crippen LogP contribution in [-0.4, -0.2) is 16.3 Å². The maximum atomic E-state index is 12.4. The van der Waals surface area contributed by atoms with E-state index in [9.17, 15) is 4.79 Å². The number of benzene rings is 1. The first kappa shape index (κ1) is 13.3. The van der Waals surface area contributed by atoms with Crippen LogP contribution in [0.25, 0.3) is 10.1 Å². The largest absolute Gasteiger partial charge is 0.348 e. The third kappa shape index (κ3) is 2.48. The Bertz CT molecular complexity index is 661. The topological polar surface area (TPSA) is 42.0 Å². The standard InChI is InChI=1S/C16H18N2OS/c1-10-7-8-13(11(2)9-10)17-16(19)15-12-5-3-4-6-14(12)20-18-15/h3-6,11,13H,1,7-9H2,2H3,(H,17,19). The minimum atomic E-state index is -0.0492. The highest BCUT2D eigenvalue weighted by Crippen LogP contribution is 2.28. The first-order valence-electron chi connectivity index (χ1n) is 6.97. The van der Waals surface area contributed by atoms with E-state index in [0.717, 1.165) is 29.3 Å². The molecule has 0 saturated heterocycles. The van der Waals surface area contributed by atoms with Gasteiger partial charge in [0.15, 0.2) is 0 Å². The van der Waals surface area contributed by atoms with Crippen LogP contribution >= 0.6 is 11.5 Å². The summed E-state index contributed by atoms with van der Waals surface area (Å²) in [7, 11) is 0. The van der Waals surface area contributed by atoms with Crippen LogP contribution in [0, 0.1) is 5.92 Å². The molecular formula is C16H18N2OS. The summed E-state index contributed by atoms with van der Waals surface area (Å²) in [6.45, 7) is 6.22. The van der Waals surface area contributed by atoms with E-state index in [1.165, 1.54) is 17.1 Å². The molecule has 2 aromatic rings. The van der Waals surface area contributed by atoms with Gasteiger partial charge in [-0.25, -0.2) is 0 Å². The molecule has 20 heavy (non-hydrogen) atoms. The van der Waals surface area contributed by atoms with Gasteiger partial charge >= 0.3 is 0 Å². The van der Waals surface area contributed by atoms with Crippen molar-refractivity contribution in [3.63, 3.8) is 0 Å². The molecule has 1 N–H and O–H groups in total. The zero-order valence-corrected chi connectivity index (χ0v) is 12.4. The van der Waals surface area contributed by atoms with E-state index in [1.54, 1.807) is 0 Å². The maximum Gasteiger partial charge on any atom is 0.271 e. The van der Waals surface area contributed by atoms with Crippen molar-refractivity contribution in [1.82, 2.24) is 9.69 Å². The number of rotatable bonds is 2. The highest BCUT2D eigenvalue weighted by Gasteiger charge is 2.26. The summed E-state index contributed by atoms with van der Waals surface area (Å²) < 4.78 is 5.37. The molecule has 1 heterocycles. The van der Waals surface area contributed by atoms with E-state index in [1.807, 2.05) is 24.3 Å². The Morgan fingerprint density at radius 1 is 1.45 bits per heavy atom. The van der Waals surface area contributed by atoms with Crippen LogP contribution < -0.4 is 5.32 Å². The van der Waals surface area contributed by atoms with Crippen LogP contribution in [0.2, 0.25) is 0 Å². The van der Waals surface area contributed by atoms with Gasteiger partial charge in [-0.2, -0.15) is 4.37 Å². The smallest absolute Gasteiger partial charge is 0.271 e. The van der Waals surface area contributed by atoms with Gasteiger partial charge in [-0.1, -0.05) is 37.3 Å². The molecule has 1 amide bonds. The fourth-order valence-corrected chi connectivity index (χ4v) is 3.62. The number of aromatic nitrogens is 1. The number of hydrogen-bond acceptors (Lipinski definition) is 3. The molecule has 0 bridgehead atoms. The van der Waals surface area contributed by atoms with E-state index in [-0.39, 0.29) is 11.9 Å². The van der Waals surface area contributed by atoms with Crippen LogP contribution in [0.5, 0.6) is 0 Å². The van der Waals surface area contributed by atoms with Gasteiger partial charge in [0.25, 0.3) is 5.91 Å². The number of hydrogen-bond donors (Lipinski definition) is 1. The van der Waals surface area contributed by atoms with E-state index >= 15 is 0 Å². The molecule has 0 spiro atoms. The van der Waals surface area contributed by atoms with Gasteiger partial charge in [0, 0.05) is 11.4 Å². The van der Waals surface area contributed by atoms with Crippen molar-refractivity contribution in [2.24, 2.45) is 5.92 Å². The van der Waals surface area contributed by atoms with Crippen LogP contribution in [0.4, 0.5) is 0 Å². The molecule has 2 unspecified atom stereocenters. The fourth-order valence-electron chi connectivity index (χ4n) is 2.84. The zero-order valence-electron chi connectivity index (χ0n) is 11.6. The lowest BCUT2D eigenvalue weighted by molar-refractivity contribution is 0.0914. The van der Waals surface area contributed by atoms with Gasteiger partial charge in [-0.05, 0) is 42.8 Å². The van der Waals surface area contributed by atoms with Gasteiger partial charge < -0.3 is 5.32 Å². The SMILES string of the molecule is C=C1CCC(NC(=O)c2nsc3ccccc23)C(C)C1. The predicted octanol–water partition coefficient (Wildman–Crippen LogP) is 3.77. The first-order chi connectivity index (χ1) is 9.65. The van der Waals surface area contributed by atoms with Gasteiger partial charge in [-0.3, -0.25) is 4.79 Å². The molecule has 1 saturated carbocycles. The van der Waals surface area contributed by atoms with Gasteiger partial charge in [0.1, 0.15) is 5.69 Å². The van der Waals surface area contributed by atoms with Crippen molar-refractivity contribution < 1.29 is 4.79 Å². The summed E-state index contributed by atoms with van der Waals surface area (Å²) in [5, 5.41) is 4.09. The third-order valence-corrected chi connectivity index (χ3v) is 4.84. The molecule has 1 aromatic heterocycles. The van der Waals surface area contributed by atoms with Crippen molar-refractivity contribution in [3.05, 3.63) is 42.1 Å². The Labute approximate surface area is 122 Å². The Morgan fingerprint density at radius 3 is 3.05 bits per heavy atom. The van der Waals surface area contributed by atoms with Gasteiger partial charge in [0.2, 0.25) is 0 Å². The Hall–Kier alpha value is -1.68. The predicted molar refractivity (Wildman–Crippen MR) is 83.0 cm³/mol. The minimum Gasteiger partial charge on any atom is -0.348 e. The molecular weight excluding hydrogens is 268 g/mol. The summed E-state index contributed by atoms with van der Waals surface area (Å²) in [5.41, 5.74) is 1.85. The summed E-state index contributed by atoms with van der Waals surface area (Å²) in [4.78, 5) is 12.4. The normalized spacial score (nSPS) is 22.9. The fraction of sp³-hybridized carbons (Fsp3) is 0.375. The van der Waals surface area contributed by atoms with Crippen LogP contribution in [0.1, 0.15) is 36.7 Å². The average molecular weight is 286 g/mol. The average Bonchev–Trinajstić information content (AvgIpc) is 2.86. The van der Waals surface area contributed by atoms with E-state index in [4.69, 9.17) is 0 Å². The Morgan fingerprint density at radius 2 is 2.25 bits per heavy atom. The number of nitrogens with zero attached hydrogens (tertiary/aromatic N) is 1. The van der Waals surface area contributed by atoms with Crippen molar-refractivity contribution in [2.45, 2.75) is 32.2 Å². The summed E-state index contributed by atoms with van der Waals surface area (Å²) in [6, 6.07) is 8.10. The molecule has 1 aliphatic rings. The second-order valence-corrected chi connectivity index (χ2v) is 6.38. The molecule has 0 radical (unpaired) electrons. The van der Waals surface area contributed by atoms with Crippen LogP contribution in [0.15, 0.2) is 36.4 Å². The minimum absolute atomic E-state index is 0.0492. The first-order valence-corrected chi connectivity index (χ1v) is 7.74. The number of amides is 1. The Balaban J connectivity index is 1.78. The van der Waals surface area contributed by atoms with E-state index in [2.05, 4.69) is 23.2 Å². The molecule has 2 atom stereocenters. The van der Waals surface area contributed by atoms with E-state index in [0.29, 0.717) is 11.6 Å². The van der Waals surface area contributed by atoms with Crippen molar-refractivity contribution in [2.75, 3.05) is 0 Å². The maximum absolute atomic E-state index is 12.4. The molecule has 104 valence electrons. The lowest BCUT2D eigenvalue weighted by Gasteiger charge is -2.30. The molecule has 1 aliphatic carbocycles. The number of carbonyl (C=O) groups excluding carboxylic acids is 1. The lowest BCUT2D eigenvalue weighted by atomic mass is 9.83. The van der Waals surface area contributed by atoms with Crippen molar-refractivity contribution in [3.8, 4) is 0 Å². The highest BCUT2D eigenvalue weighted by molar-refractivity contribution is 7.13. The van der Waals surface area contributed by atoms with Crippen molar-refractivity contribution >= 4 is 27.5 Å². The second kappa shape index (κ2) is 5.37. The molecule has 1 aromatic carbocycles. The van der Waals surface area contributed by atoms with Gasteiger partial charge in [-0.15, -0.1) is 0 Å². The van der Waals surface area contributed by atoms with E-state index < -0.39 is 0 Å².